The van der Waals surface area contributed by atoms with Crippen LogP contribution in [0.1, 0.15) is 227 Å². The zero-order chi connectivity index (χ0) is 35.0. The Bertz CT molecular complexity index is 599. The van der Waals surface area contributed by atoms with Crippen molar-refractivity contribution in [2.45, 2.75) is 233 Å². The lowest BCUT2D eigenvalue weighted by molar-refractivity contribution is -0.148. The second-order valence-corrected chi connectivity index (χ2v) is 14.8. The molecule has 0 aromatic rings. The summed E-state index contributed by atoms with van der Waals surface area (Å²) in [4.78, 5) is 14.0. The van der Waals surface area contributed by atoms with Crippen molar-refractivity contribution >= 4 is 5.91 Å². The third-order valence-electron chi connectivity index (χ3n) is 9.90. The number of amides is 1. The third kappa shape index (κ3) is 38.2. The van der Waals surface area contributed by atoms with Gasteiger partial charge in [-0.15, -0.1) is 0 Å². The number of hydrogen-bond donors (Lipinski definition) is 1. The molecule has 1 amide bonds. The molecule has 0 fully saturated rings. The number of carbonyl (C=O) groups is 1. The molecule has 0 spiro atoms. The summed E-state index contributed by atoms with van der Waals surface area (Å²) in [5.41, 5.74) is 0. The van der Waals surface area contributed by atoms with Crippen molar-refractivity contribution in [3.63, 3.8) is 0 Å². The first-order valence-corrected chi connectivity index (χ1v) is 21.8. The molecule has 288 valence electrons. The van der Waals surface area contributed by atoms with Crippen molar-refractivity contribution in [3.05, 3.63) is 0 Å². The number of hydrogen-bond acceptors (Lipinski definition) is 4. The lowest BCUT2D eigenvalue weighted by Gasteiger charge is -2.22. The molecule has 48 heavy (non-hydrogen) atoms. The smallest absolute Gasteiger partial charge is 0.216 e. The minimum Gasteiger partial charge on any atom is -0.355 e. The monoisotopic (exact) mass is 681 g/mol. The first-order valence-electron chi connectivity index (χ1n) is 21.8. The van der Waals surface area contributed by atoms with Gasteiger partial charge in [0.05, 0.1) is 0 Å². The molecular weight excluding hydrogens is 592 g/mol. The molecule has 0 aliphatic rings. The summed E-state index contributed by atoms with van der Waals surface area (Å²) in [5.74, 6) is 0.0819. The van der Waals surface area contributed by atoms with Gasteiger partial charge >= 0.3 is 0 Å². The normalized spacial score (nSPS) is 11.7. The van der Waals surface area contributed by atoms with E-state index in [1.807, 2.05) is 0 Å². The van der Waals surface area contributed by atoms with Crippen molar-refractivity contribution in [1.82, 2.24) is 10.2 Å². The molecule has 0 radical (unpaired) electrons. The van der Waals surface area contributed by atoms with Gasteiger partial charge in [0.2, 0.25) is 5.91 Å². The molecule has 0 bridgehead atoms. The Morgan fingerprint density at radius 1 is 0.458 bits per heavy atom. The highest BCUT2D eigenvalue weighted by Crippen LogP contribution is 2.15. The number of nitrogens with zero attached hydrogens (tertiary/aromatic N) is 1. The van der Waals surface area contributed by atoms with Gasteiger partial charge in [0.15, 0.2) is 6.29 Å². The molecule has 0 unspecified atom stereocenters. The Morgan fingerprint density at radius 3 is 1.17 bits per heavy atom. The summed E-state index contributed by atoms with van der Waals surface area (Å²) < 4.78 is 12.5. The molecule has 0 saturated carbocycles. The van der Waals surface area contributed by atoms with Crippen LogP contribution in [0.4, 0.5) is 0 Å². The fraction of sp³-hybridized carbons (Fsp3) is 0.977. The maximum Gasteiger partial charge on any atom is 0.216 e. The topological polar surface area (TPSA) is 50.8 Å². The van der Waals surface area contributed by atoms with Gasteiger partial charge in [-0.05, 0) is 51.6 Å². The van der Waals surface area contributed by atoms with Crippen LogP contribution < -0.4 is 5.32 Å². The number of unbranched alkanes of at least 4 members (excludes halogenated alkanes) is 26. The molecule has 0 aliphatic carbocycles. The van der Waals surface area contributed by atoms with E-state index in [0.29, 0.717) is 0 Å². The lowest BCUT2D eigenvalue weighted by atomic mass is 10.0. The average molecular weight is 681 g/mol. The molecular formula is C43H88N2O3. The molecule has 0 rings (SSSR count). The highest BCUT2D eigenvalue weighted by Gasteiger charge is 2.10. The maximum absolute atomic E-state index is 11.4. The van der Waals surface area contributed by atoms with E-state index in [2.05, 4.69) is 31.0 Å². The quantitative estimate of drug-likeness (QED) is 0.0516. The van der Waals surface area contributed by atoms with Crippen LogP contribution in [-0.4, -0.2) is 56.5 Å². The van der Waals surface area contributed by atoms with Crippen LogP contribution in [0.15, 0.2) is 0 Å². The number of carbonyl (C=O) groups excluding carboxylic acids is 1. The Labute approximate surface area is 302 Å². The van der Waals surface area contributed by atoms with Crippen molar-refractivity contribution in [1.29, 1.82) is 0 Å². The Kier molecular flexibility index (Phi) is 40.2. The number of ether oxygens (including phenoxy) is 2. The zero-order valence-electron chi connectivity index (χ0n) is 33.4. The molecule has 0 aromatic heterocycles. The van der Waals surface area contributed by atoms with Crippen LogP contribution in [0.5, 0.6) is 0 Å². The van der Waals surface area contributed by atoms with Gasteiger partial charge < -0.3 is 19.7 Å². The van der Waals surface area contributed by atoms with Crippen LogP contribution >= 0.6 is 0 Å². The maximum atomic E-state index is 11.4. The van der Waals surface area contributed by atoms with E-state index in [1.54, 1.807) is 6.92 Å². The average Bonchev–Trinajstić information content (AvgIpc) is 3.08. The molecule has 1 N–H and O–H groups in total. The largest absolute Gasteiger partial charge is 0.355 e. The fourth-order valence-electron chi connectivity index (χ4n) is 6.66. The Morgan fingerprint density at radius 2 is 0.792 bits per heavy atom. The predicted octanol–water partition coefficient (Wildman–Crippen LogP) is 12.9. The summed E-state index contributed by atoms with van der Waals surface area (Å²) in [5, 5.41) is 3.01. The second kappa shape index (κ2) is 40.8. The van der Waals surface area contributed by atoms with E-state index in [9.17, 15) is 4.79 Å². The van der Waals surface area contributed by atoms with E-state index in [4.69, 9.17) is 9.47 Å². The van der Waals surface area contributed by atoms with Gasteiger partial charge in [-0.1, -0.05) is 181 Å². The van der Waals surface area contributed by atoms with E-state index >= 15 is 0 Å². The minimum atomic E-state index is -0.0224. The van der Waals surface area contributed by atoms with Crippen molar-refractivity contribution in [2.75, 3.05) is 39.4 Å². The van der Waals surface area contributed by atoms with Gasteiger partial charge in [0.1, 0.15) is 0 Å². The highest BCUT2D eigenvalue weighted by molar-refractivity contribution is 5.72. The summed E-state index contributed by atoms with van der Waals surface area (Å²) >= 11 is 0. The highest BCUT2D eigenvalue weighted by atomic mass is 16.7. The third-order valence-corrected chi connectivity index (χ3v) is 9.90. The van der Waals surface area contributed by atoms with Gasteiger partial charge in [0, 0.05) is 33.2 Å². The number of rotatable bonds is 41. The van der Waals surface area contributed by atoms with Gasteiger partial charge in [-0.3, -0.25) is 4.79 Å². The van der Waals surface area contributed by atoms with Gasteiger partial charge in [0.25, 0.3) is 0 Å². The summed E-state index contributed by atoms with van der Waals surface area (Å²) in [6.07, 6.45) is 41.2. The predicted molar refractivity (Wildman–Crippen MR) is 211 cm³/mol. The van der Waals surface area contributed by atoms with E-state index in [-0.39, 0.29) is 12.2 Å². The first kappa shape index (κ1) is 47.4. The van der Waals surface area contributed by atoms with E-state index in [0.717, 1.165) is 58.7 Å². The Hall–Kier alpha value is -0.650. The summed E-state index contributed by atoms with van der Waals surface area (Å²) in [6, 6.07) is 0. The second-order valence-electron chi connectivity index (χ2n) is 14.8. The van der Waals surface area contributed by atoms with E-state index < -0.39 is 0 Å². The van der Waals surface area contributed by atoms with Gasteiger partial charge in [-0.25, -0.2) is 0 Å². The molecule has 0 aromatic carbocycles. The SMILES string of the molecule is CCCCCCCCCCCCCCCCN(CCCCCCC(OCCCCCCCC)OCCCCCCCC)CCNC(C)=O. The molecule has 5 nitrogen and oxygen atoms in total. The Balaban J connectivity index is 4.18. The molecule has 0 heterocycles. The van der Waals surface area contributed by atoms with Crippen LogP contribution in [0.25, 0.3) is 0 Å². The molecule has 5 heteroatoms. The van der Waals surface area contributed by atoms with Crippen LogP contribution in [0, 0.1) is 0 Å². The molecule has 0 saturated heterocycles. The van der Waals surface area contributed by atoms with Crippen LogP contribution in [-0.2, 0) is 14.3 Å². The lowest BCUT2D eigenvalue weighted by Crippen LogP contribution is -2.35. The van der Waals surface area contributed by atoms with E-state index in [1.165, 1.54) is 180 Å². The van der Waals surface area contributed by atoms with Crippen LogP contribution in [0.3, 0.4) is 0 Å². The van der Waals surface area contributed by atoms with Crippen LogP contribution in [0.2, 0.25) is 0 Å². The fourth-order valence-corrected chi connectivity index (χ4v) is 6.66. The zero-order valence-corrected chi connectivity index (χ0v) is 33.4. The standard InChI is InChI=1S/C43H88N2O3/c1-5-8-11-14-17-18-19-20-21-22-23-24-26-31-37-45(39-36-44-42(4)46)38-32-27-25-30-35-43(47-40-33-28-15-12-9-6-2)48-41-34-29-16-13-10-7-3/h43H,5-41H2,1-4H3,(H,44,46). The number of nitrogens with one attached hydrogen (secondary N) is 1. The minimum absolute atomic E-state index is 0.0224. The van der Waals surface area contributed by atoms with Crippen molar-refractivity contribution < 1.29 is 14.3 Å². The summed E-state index contributed by atoms with van der Waals surface area (Å²) in [6.45, 7) is 14.2. The van der Waals surface area contributed by atoms with Crippen molar-refractivity contribution in [2.24, 2.45) is 0 Å². The van der Waals surface area contributed by atoms with Crippen molar-refractivity contribution in [3.8, 4) is 0 Å². The molecule has 0 atom stereocenters. The van der Waals surface area contributed by atoms with Gasteiger partial charge in [-0.2, -0.15) is 0 Å². The summed E-state index contributed by atoms with van der Waals surface area (Å²) in [7, 11) is 0. The first-order chi connectivity index (χ1) is 23.6. The molecule has 0 aliphatic heterocycles.